The first-order valence-electron chi connectivity index (χ1n) is 9.70. The molecule has 5 rings (SSSR count). The molecule has 1 aromatic heterocycles. The quantitative estimate of drug-likeness (QED) is 0.748. The molecule has 2 heterocycles. The molecule has 5 heteroatoms. The van der Waals surface area contributed by atoms with Gasteiger partial charge in [0.25, 0.3) is 5.91 Å². The highest BCUT2D eigenvalue weighted by Crippen LogP contribution is 2.49. The van der Waals surface area contributed by atoms with Gasteiger partial charge in [-0.25, -0.2) is 4.98 Å². The second kappa shape index (κ2) is 6.31. The van der Waals surface area contributed by atoms with E-state index >= 15 is 0 Å². The predicted molar refractivity (Wildman–Crippen MR) is 107 cm³/mol. The lowest BCUT2D eigenvalue weighted by molar-refractivity contribution is 0.0717. The van der Waals surface area contributed by atoms with Gasteiger partial charge in [0.05, 0.1) is 30.4 Å². The summed E-state index contributed by atoms with van der Waals surface area (Å²) in [4.78, 5) is 18.2. The van der Waals surface area contributed by atoms with Gasteiger partial charge in [0.2, 0.25) is 0 Å². The Morgan fingerprint density at radius 3 is 2.82 bits per heavy atom. The number of aliphatic hydroxyl groups is 1. The zero-order valence-electron chi connectivity index (χ0n) is 16.0. The molecule has 1 amide bonds. The number of fused-ring (bicyclic) bond motifs is 4. The highest BCUT2D eigenvalue weighted by molar-refractivity contribution is 5.94. The van der Waals surface area contributed by atoms with E-state index in [1.807, 2.05) is 30.7 Å². The number of carbonyl (C=O) groups is 1. The van der Waals surface area contributed by atoms with Crippen LogP contribution >= 0.6 is 0 Å². The van der Waals surface area contributed by atoms with Crippen LogP contribution in [0.25, 0.3) is 11.3 Å². The van der Waals surface area contributed by atoms with Crippen LogP contribution in [0.5, 0.6) is 0 Å². The van der Waals surface area contributed by atoms with Crippen LogP contribution in [0.3, 0.4) is 0 Å². The van der Waals surface area contributed by atoms with Crippen molar-refractivity contribution in [1.29, 1.82) is 0 Å². The van der Waals surface area contributed by atoms with Gasteiger partial charge in [0.15, 0.2) is 0 Å². The number of amides is 1. The van der Waals surface area contributed by atoms with Crippen LogP contribution in [0.1, 0.15) is 45.6 Å². The number of aryl methyl sites for hydroxylation is 1. The normalized spacial score (nSPS) is 22.3. The Kier molecular flexibility index (Phi) is 3.88. The first kappa shape index (κ1) is 17.2. The van der Waals surface area contributed by atoms with Crippen LogP contribution in [-0.4, -0.2) is 39.6 Å². The zero-order valence-corrected chi connectivity index (χ0v) is 16.0. The molecule has 142 valence electrons. The largest absolute Gasteiger partial charge is 0.388 e. The molecule has 0 saturated carbocycles. The molecule has 0 spiro atoms. The summed E-state index contributed by atoms with van der Waals surface area (Å²) in [5.74, 6) is 0.0618. The van der Waals surface area contributed by atoms with Crippen molar-refractivity contribution in [3.05, 3.63) is 77.2 Å². The highest BCUT2D eigenvalue weighted by Gasteiger charge is 2.40. The van der Waals surface area contributed by atoms with Crippen molar-refractivity contribution in [2.75, 3.05) is 14.1 Å². The van der Waals surface area contributed by atoms with Gasteiger partial charge in [-0.05, 0) is 41.7 Å². The number of nitrogens with zero attached hydrogens (tertiary/aromatic N) is 3. The molecule has 0 radical (unpaired) electrons. The van der Waals surface area contributed by atoms with Crippen LogP contribution in [0, 0.1) is 5.92 Å². The van der Waals surface area contributed by atoms with Crippen molar-refractivity contribution in [3.8, 4) is 11.3 Å². The fraction of sp³-hybridized carbons (Fsp3) is 0.304. The summed E-state index contributed by atoms with van der Waals surface area (Å²) in [6, 6.07) is 14.2. The van der Waals surface area contributed by atoms with E-state index < -0.39 is 6.10 Å². The van der Waals surface area contributed by atoms with Crippen LogP contribution < -0.4 is 0 Å². The number of hydrogen-bond donors (Lipinski definition) is 1. The third-order valence-corrected chi connectivity index (χ3v) is 6.19. The van der Waals surface area contributed by atoms with E-state index in [1.54, 1.807) is 19.0 Å². The van der Waals surface area contributed by atoms with Crippen molar-refractivity contribution in [2.45, 2.75) is 25.0 Å². The van der Waals surface area contributed by atoms with Crippen molar-refractivity contribution >= 4 is 5.91 Å². The summed E-state index contributed by atoms with van der Waals surface area (Å²) in [5, 5.41) is 11.3. The van der Waals surface area contributed by atoms with Gasteiger partial charge in [0.1, 0.15) is 0 Å². The minimum absolute atomic E-state index is 0.00723. The molecule has 3 aromatic rings. The summed E-state index contributed by atoms with van der Waals surface area (Å²) >= 11 is 0. The Morgan fingerprint density at radius 2 is 2.00 bits per heavy atom. The topological polar surface area (TPSA) is 58.4 Å². The average molecular weight is 373 g/mol. The molecule has 1 aliphatic heterocycles. The van der Waals surface area contributed by atoms with Crippen LogP contribution in [0.2, 0.25) is 0 Å². The lowest BCUT2D eigenvalue weighted by Crippen LogP contribution is -2.29. The van der Waals surface area contributed by atoms with Crippen LogP contribution in [0.15, 0.2) is 55.0 Å². The van der Waals surface area contributed by atoms with E-state index in [0.29, 0.717) is 5.56 Å². The summed E-state index contributed by atoms with van der Waals surface area (Å²) in [7, 11) is 3.51. The van der Waals surface area contributed by atoms with Crippen LogP contribution in [-0.2, 0) is 6.42 Å². The SMILES string of the molecule is CN(C)C(=O)c1ccc2c(c1)CC[C@H](C1c3ccccc3-c3cncn31)[C@H]2O. The van der Waals surface area contributed by atoms with E-state index in [2.05, 4.69) is 33.8 Å². The standard InChI is InChI=1S/C23H23N3O2/c1-25(2)23(28)15-8-9-16-14(11-15)7-10-19(22(16)27)21-18-6-4-3-5-17(18)20-12-24-13-26(20)21/h3-6,8-9,11-13,19,21-22,27H,7,10H2,1-2H3/t19-,21?,22+/m1/s1. The van der Waals surface area contributed by atoms with Gasteiger partial charge in [-0.2, -0.15) is 0 Å². The Morgan fingerprint density at radius 1 is 1.18 bits per heavy atom. The lowest BCUT2D eigenvalue weighted by Gasteiger charge is -2.35. The maximum Gasteiger partial charge on any atom is 0.253 e. The van der Waals surface area contributed by atoms with Gasteiger partial charge in [-0.15, -0.1) is 0 Å². The molecular formula is C23H23N3O2. The molecule has 1 aliphatic carbocycles. The maximum atomic E-state index is 12.3. The molecule has 1 N–H and O–H groups in total. The molecular weight excluding hydrogens is 350 g/mol. The van der Waals surface area contributed by atoms with E-state index in [9.17, 15) is 9.90 Å². The average Bonchev–Trinajstić information content (AvgIpc) is 3.29. The van der Waals surface area contributed by atoms with Gasteiger partial charge in [-0.1, -0.05) is 30.3 Å². The van der Waals surface area contributed by atoms with E-state index in [-0.39, 0.29) is 17.9 Å². The van der Waals surface area contributed by atoms with Crippen molar-refractivity contribution in [3.63, 3.8) is 0 Å². The minimum atomic E-state index is -0.571. The fourth-order valence-electron chi connectivity index (χ4n) is 4.85. The molecule has 5 nitrogen and oxygen atoms in total. The highest BCUT2D eigenvalue weighted by atomic mass is 16.3. The number of carbonyl (C=O) groups excluding carboxylic acids is 1. The number of benzene rings is 2. The zero-order chi connectivity index (χ0) is 19.4. The van der Waals surface area contributed by atoms with Crippen molar-refractivity contribution in [1.82, 2.24) is 14.5 Å². The lowest BCUT2D eigenvalue weighted by atomic mass is 9.75. The summed E-state index contributed by atoms with van der Waals surface area (Å²) in [5.41, 5.74) is 6.27. The van der Waals surface area contributed by atoms with Crippen LogP contribution in [0.4, 0.5) is 0 Å². The number of aromatic nitrogens is 2. The van der Waals surface area contributed by atoms with Gasteiger partial charge < -0.3 is 14.6 Å². The second-order valence-corrected chi connectivity index (χ2v) is 7.98. The molecule has 3 atom stereocenters. The first-order chi connectivity index (χ1) is 13.6. The van der Waals surface area contributed by atoms with E-state index in [1.165, 1.54) is 11.1 Å². The van der Waals surface area contributed by atoms with Gasteiger partial charge in [0, 0.05) is 31.1 Å². The summed E-state index contributed by atoms with van der Waals surface area (Å²) in [6.07, 6.45) is 4.93. The minimum Gasteiger partial charge on any atom is -0.388 e. The van der Waals surface area contributed by atoms with E-state index in [4.69, 9.17) is 0 Å². The molecule has 0 bridgehead atoms. The number of rotatable bonds is 2. The van der Waals surface area contributed by atoms with E-state index in [0.717, 1.165) is 29.7 Å². The fourth-order valence-corrected chi connectivity index (χ4v) is 4.85. The molecule has 2 aromatic carbocycles. The maximum absolute atomic E-state index is 12.3. The third-order valence-electron chi connectivity index (χ3n) is 6.19. The Hall–Kier alpha value is -2.92. The predicted octanol–water partition coefficient (Wildman–Crippen LogP) is 3.45. The Labute approximate surface area is 164 Å². The third kappa shape index (κ3) is 2.43. The molecule has 0 saturated heterocycles. The molecule has 1 unspecified atom stereocenters. The second-order valence-electron chi connectivity index (χ2n) is 7.98. The number of imidazole rings is 1. The monoisotopic (exact) mass is 373 g/mol. The van der Waals surface area contributed by atoms with Gasteiger partial charge in [-0.3, -0.25) is 4.79 Å². The van der Waals surface area contributed by atoms with Gasteiger partial charge >= 0.3 is 0 Å². The summed E-state index contributed by atoms with van der Waals surface area (Å²) in [6.45, 7) is 0. The first-order valence-corrected chi connectivity index (χ1v) is 9.70. The summed E-state index contributed by atoms with van der Waals surface area (Å²) < 4.78 is 2.20. The molecule has 28 heavy (non-hydrogen) atoms. The number of aliphatic hydroxyl groups excluding tert-OH is 1. The number of hydrogen-bond acceptors (Lipinski definition) is 3. The smallest absolute Gasteiger partial charge is 0.253 e. The van der Waals surface area contributed by atoms with Crippen molar-refractivity contribution in [2.24, 2.45) is 5.92 Å². The molecule has 2 aliphatic rings. The Balaban J connectivity index is 1.53. The van der Waals surface area contributed by atoms with Crippen molar-refractivity contribution < 1.29 is 9.90 Å². The Bertz CT molecular complexity index is 1070. The molecule has 0 fully saturated rings.